The first-order valence-corrected chi connectivity index (χ1v) is 5.77. The van der Waals surface area contributed by atoms with Gasteiger partial charge in [0.1, 0.15) is 5.82 Å². The van der Waals surface area contributed by atoms with Crippen molar-refractivity contribution in [3.8, 4) is 0 Å². The fourth-order valence-electron chi connectivity index (χ4n) is 1.37. The number of benzene rings is 2. The van der Waals surface area contributed by atoms with Gasteiger partial charge in [-0.1, -0.05) is 22.0 Å². The van der Waals surface area contributed by atoms with Gasteiger partial charge >= 0.3 is 0 Å². The van der Waals surface area contributed by atoms with Crippen LogP contribution >= 0.6 is 15.9 Å². The number of carbonyl (C=O) groups excluding carboxylic acids is 1. The SMILES string of the molecule is O=C(Nc1ccc(F)cc1)c1cccc(Br)c1. The fourth-order valence-corrected chi connectivity index (χ4v) is 1.77. The highest BCUT2D eigenvalue weighted by atomic mass is 79.9. The van der Waals surface area contributed by atoms with Gasteiger partial charge in [0.25, 0.3) is 5.91 Å². The molecule has 0 radical (unpaired) electrons. The van der Waals surface area contributed by atoms with Crippen LogP contribution in [0.3, 0.4) is 0 Å². The lowest BCUT2D eigenvalue weighted by molar-refractivity contribution is 0.102. The summed E-state index contributed by atoms with van der Waals surface area (Å²) in [5.41, 5.74) is 1.11. The molecule has 0 bridgehead atoms. The van der Waals surface area contributed by atoms with E-state index in [1.54, 1.807) is 18.2 Å². The predicted molar refractivity (Wildman–Crippen MR) is 68.5 cm³/mol. The molecule has 0 fully saturated rings. The van der Waals surface area contributed by atoms with Crippen molar-refractivity contribution in [2.75, 3.05) is 5.32 Å². The van der Waals surface area contributed by atoms with Crippen molar-refractivity contribution < 1.29 is 9.18 Å². The zero-order valence-electron chi connectivity index (χ0n) is 8.78. The van der Waals surface area contributed by atoms with Crippen LogP contribution in [0.4, 0.5) is 10.1 Å². The number of hydrogen-bond donors (Lipinski definition) is 1. The average molecular weight is 294 g/mol. The van der Waals surface area contributed by atoms with E-state index in [0.29, 0.717) is 11.3 Å². The van der Waals surface area contributed by atoms with Gasteiger partial charge in [0.2, 0.25) is 0 Å². The van der Waals surface area contributed by atoms with E-state index in [-0.39, 0.29) is 11.7 Å². The molecule has 2 aromatic carbocycles. The van der Waals surface area contributed by atoms with Gasteiger partial charge < -0.3 is 5.32 Å². The Kier molecular flexibility index (Phi) is 3.54. The fraction of sp³-hybridized carbons (Fsp3) is 0. The summed E-state index contributed by atoms with van der Waals surface area (Å²) >= 11 is 3.30. The summed E-state index contributed by atoms with van der Waals surface area (Å²) in [5, 5.41) is 2.69. The molecule has 0 unspecified atom stereocenters. The maximum atomic E-state index is 12.7. The Balaban J connectivity index is 2.14. The summed E-state index contributed by atoms with van der Waals surface area (Å²) in [6.07, 6.45) is 0. The Hall–Kier alpha value is -1.68. The second-order valence-corrected chi connectivity index (χ2v) is 4.39. The third kappa shape index (κ3) is 3.14. The molecule has 0 atom stereocenters. The molecule has 4 heteroatoms. The van der Waals surface area contributed by atoms with Gasteiger partial charge in [-0.25, -0.2) is 4.39 Å². The van der Waals surface area contributed by atoms with Gasteiger partial charge in [0.05, 0.1) is 0 Å². The van der Waals surface area contributed by atoms with Crippen molar-refractivity contribution in [1.29, 1.82) is 0 Å². The minimum absolute atomic E-state index is 0.224. The van der Waals surface area contributed by atoms with E-state index in [1.807, 2.05) is 6.07 Å². The van der Waals surface area contributed by atoms with E-state index in [1.165, 1.54) is 24.3 Å². The van der Waals surface area contributed by atoms with Gasteiger partial charge in [-0.15, -0.1) is 0 Å². The third-order valence-electron chi connectivity index (χ3n) is 2.19. The first kappa shape index (κ1) is 11.8. The van der Waals surface area contributed by atoms with Crippen LogP contribution in [-0.4, -0.2) is 5.91 Å². The summed E-state index contributed by atoms with van der Waals surface area (Å²) in [6.45, 7) is 0. The molecule has 1 N–H and O–H groups in total. The van der Waals surface area contributed by atoms with Crippen LogP contribution in [0.25, 0.3) is 0 Å². The van der Waals surface area contributed by atoms with Gasteiger partial charge in [-0.2, -0.15) is 0 Å². The van der Waals surface area contributed by atoms with Crippen LogP contribution in [-0.2, 0) is 0 Å². The Bertz CT molecular complexity index is 539. The minimum Gasteiger partial charge on any atom is -0.322 e. The Morgan fingerprint density at radius 3 is 2.47 bits per heavy atom. The molecule has 0 aliphatic heterocycles. The minimum atomic E-state index is -0.328. The van der Waals surface area contributed by atoms with Gasteiger partial charge in [-0.05, 0) is 42.5 Å². The average Bonchev–Trinajstić information content (AvgIpc) is 2.32. The molecule has 2 nitrogen and oxygen atoms in total. The van der Waals surface area contributed by atoms with Crippen molar-refractivity contribution >= 4 is 27.5 Å². The maximum absolute atomic E-state index is 12.7. The van der Waals surface area contributed by atoms with E-state index < -0.39 is 0 Å². The zero-order chi connectivity index (χ0) is 12.3. The van der Waals surface area contributed by atoms with Crippen LogP contribution in [0.2, 0.25) is 0 Å². The van der Waals surface area contributed by atoms with Crippen molar-refractivity contribution in [1.82, 2.24) is 0 Å². The number of carbonyl (C=O) groups is 1. The monoisotopic (exact) mass is 293 g/mol. The summed E-state index contributed by atoms with van der Waals surface area (Å²) in [4.78, 5) is 11.8. The third-order valence-corrected chi connectivity index (χ3v) is 2.68. The van der Waals surface area contributed by atoms with Crippen LogP contribution in [0.15, 0.2) is 53.0 Å². The zero-order valence-corrected chi connectivity index (χ0v) is 10.4. The molecule has 0 heterocycles. The summed E-state index contributed by atoms with van der Waals surface area (Å²) in [6, 6.07) is 12.7. The summed E-state index contributed by atoms with van der Waals surface area (Å²) in [7, 11) is 0. The highest BCUT2D eigenvalue weighted by Gasteiger charge is 2.05. The number of halogens is 2. The van der Waals surface area contributed by atoms with E-state index in [2.05, 4.69) is 21.2 Å². The number of amides is 1. The quantitative estimate of drug-likeness (QED) is 0.895. The molecule has 0 saturated carbocycles. The topological polar surface area (TPSA) is 29.1 Å². The Morgan fingerprint density at radius 2 is 1.82 bits per heavy atom. The van der Waals surface area contributed by atoms with Gasteiger partial charge in [0.15, 0.2) is 0 Å². The molecule has 0 aromatic heterocycles. The molecular formula is C13H9BrFNO. The summed E-state index contributed by atoms with van der Waals surface area (Å²) in [5.74, 6) is -0.552. The standard InChI is InChI=1S/C13H9BrFNO/c14-10-3-1-2-9(8-10)13(17)16-12-6-4-11(15)5-7-12/h1-8H,(H,16,17). The molecule has 0 saturated heterocycles. The first-order valence-electron chi connectivity index (χ1n) is 4.97. The lowest BCUT2D eigenvalue weighted by Crippen LogP contribution is -2.11. The second-order valence-electron chi connectivity index (χ2n) is 3.47. The molecule has 0 aliphatic carbocycles. The first-order chi connectivity index (χ1) is 8.15. The lowest BCUT2D eigenvalue weighted by Gasteiger charge is -2.05. The maximum Gasteiger partial charge on any atom is 0.255 e. The summed E-state index contributed by atoms with van der Waals surface area (Å²) < 4.78 is 13.5. The van der Waals surface area contributed by atoms with Crippen molar-refractivity contribution in [2.45, 2.75) is 0 Å². The van der Waals surface area contributed by atoms with Crippen LogP contribution in [0.5, 0.6) is 0 Å². The van der Waals surface area contributed by atoms with E-state index >= 15 is 0 Å². The molecular weight excluding hydrogens is 285 g/mol. The van der Waals surface area contributed by atoms with Crippen molar-refractivity contribution in [3.05, 3.63) is 64.4 Å². The number of nitrogens with one attached hydrogen (secondary N) is 1. The molecule has 0 aliphatic rings. The molecule has 17 heavy (non-hydrogen) atoms. The highest BCUT2D eigenvalue weighted by Crippen LogP contribution is 2.14. The van der Waals surface area contributed by atoms with Crippen LogP contribution < -0.4 is 5.32 Å². The number of hydrogen-bond acceptors (Lipinski definition) is 1. The van der Waals surface area contributed by atoms with E-state index in [4.69, 9.17) is 0 Å². The Labute approximate surface area is 107 Å². The predicted octanol–water partition coefficient (Wildman–Crippen LogP) is 3.84. The molecule has 2 aromatic rings. The number of rotatable bonds is 2. The van der Waals surface area contributed by atoms with Crippen molar-refractivity contribution in [2.24, 2.45) is 0 Å². The van der Waals surface area contributed by atoms with E-state index in [0.717, 1.165) is 4.47 Å². The molecule has 0 spiro atoms. The van der Waals surface area contributed by atoms with Crippen LogP contribution in [0.1, 0.15) is 10.4 Å². The van der Waals surface area contributed by atoms with E-state index in [9.17, 15) is 9.18 Å². The largest absolute Gasteiger partial charge is 0.322 e. The normalized spacial score (nSPS) is 10.0. The smallest absolute Gasteiger partial charge is 0.255 e. The second kappa shape index (κ2) is 5.10. The number of anilines is 1. The highest BCUT2D eigenvalue weighted by molar-refractivity contribution is 9.10. The van der Waals surface area contributed by atoms with Gasteiger partial charge in [-0.3, -0.25) is 4.79 Å². The lowest BCUT2D eigenvalue weighted by atomic mass is 10.2. The molecule has 2 rings (SSSR count). The Morgan fingerprint density at radius 1 is 1.12 bits per heavy atom. The van der Waals surface area contributed by atoms with Crippen molar-refractivity contribution in [3.63, 3.8) is 0 Å². The molecule has 86 valence electrons. The van der Waals surface area contributed by atoms with Crippen LogP contribution in [0, 0.1) is 5.82 Å². The van der Waals surface area contributed by atoms with Gasteiger partial charge in [0, 0.05) is 15.7 Å². The molecule has 1 amide bonds.